The van der Waals surface area contributed by atoms with Crippen LogP contribution in [0.1, 0.15) is 13.3 Å². The molecular formula is C14H21ClN2O3S. The monoisotopic (exact) mass is 332 g/mol. The van der Waals surface area contributed by atoms with Gasteiger partial charge in [-0.2, -0.15) is 4.31 Å². The van der Waals surface area contributed by atoms with E-state index in [0.29, 0.717) is 44.2 Å². The van der Waals surface area contributed by atoms with E-state index in [1.54, 1.807) is 12.1 Å². The number of halogens is 1. The number of hydrogen-bond donors (Lipinski definition) is 1. The van der Waals surface area contributed by atoms with Gasteiger partial charge in [0.05, 0.1) is 11.0 Å². The van der Waals surface area contributed by atoms with Gasteiger partial charge in [0, 0.05) is 37.7 Å². The fourth-order valence-electron chi connectivity index (χ4n) is 2.34. The molecule has 0 spiro atoms. The number of piperazine rings is 1. The van der Waals surface area contributed by atoms with Crippen molar-refractivity contribution in [2.45, 2.75) is 24.3 Å². The fraction of sp³-hybridized carbons (Fsp3) is 0.571. The maximum Gasteiger partial charge on any atom is 0.243 e. The Hall–Kier alpha value is -0.660. The first-order valence-corrected chi connectivity index (χ1v) is 8.91. The lowest BCUT2D eigenvalue weighted by Crippen LogP contribution is -2.50. The predicted molar refractivity (Wildman–Crippen MR) is 82.9 cm³/mol. The Bertz CT molecular complexity index is 554. The van der Waals surface area contributed by atoms with Crippen molar-refractivity contribution in [1.82, 2.24) is 9.21 Å². The van der Waals surface area contributed by atoms with Gasteiger partial charge in [-0.15, -0.1) is 0 Å². The van der Waals surface area contributed by atoms with Crippen LogP contribution in [0.25, 0.3) is 0 Å². The molecule has 1 aromatic carbocycles. The lowest BCUT2D eigenvalue weighted by molar-refractivity contribution is 0.0896. The van der Waals surface area contributed by atoms with E-state index in [0.717, 1.165) is 0 Å². The molecule has 1 saturated heterocycles. The summed E-state index contributed by atoms with van der Waals surface area (Å²) in [5.41, 5.74) is 0. The van der Waals surface area contributed by atoms with Crippen molar-refractivity contribution >= 4 is 21.6 Å². The van der Waals surface area contributed by atoms with Crippen LogP contribution in [0.15, 0.2) is 29.2 Å². The Morgan fingerprint density at radius 2 is 1.76 bits per heavy atom. The van der Waals surface area contributed by atoms with E-state index in [1.165, 1.54) is 16.4 Å². The van der Waals surface area contributed by atoms with E-state index in [1.807, 2.05) is 6.92 Å². The molecule has 1 aromatic rings. The van der Waals surface area contributed by atoms with Crippen LogP contribution in [0.2, 0.25) is 5.02 Å². The lowest BCUT2D eigenvalue weighted by atomic mass is 10.2. The van der Waals surface area contributed by atoms with Crippen molar-refractivity contribution in [2.24, 2.45) is 0 Å². The van der Waals surface area contributed by atoms with Crippen LogP contribution in [0.4, 0.5) is 0 Å². The first-order valence-electron chi connectivity index (χ1n) is 7.09. The minimum atomic E-state index is -3.45. The lowest BCUT2D eigenvalue weighted by Gasteiger charge is -2.34. The second kappa shape index (κ2) is 7.07. The number of hydrogen-bond acceptors (Lipinski definition) is 4. The van der Waals surface area contributed by atoms with Crippen LogP contribution in [0, 0.1) is 0 Å². The zero-order valence-electron chi connectivity index (χ0n) is 12.1. The van der Waals surface area contributed by atoms with E-state index in [9.17, 15) is 13.5 Å². The van der Waals surface area contributed by atoms with Crippen LogP contribution in [-0.2, 0) is 10.0 Å². The molecule has 21 heavy (non-hydrogen) atoms. The van der Waals surface area contributed by atoms with Gasteiger partial charge in [-0.3, -0.25) is 4.90 Å². The van der Waals surface area contributed by atoms with Crippen molar-refractivity contribution in [1.29, 1.82) is 0 Å². The van der Waals surface area contributed by atoms with Crippen molar-refractivity contribution in [2.75, 3.05) is 32.7 Å². The second-order valence-corrected chi connectivity index (χ2v) is 7.60. The maximum atomic E-state index is 12.5. The number of aliphatic hydroxyl groups is 1. The van der Waals surface area contributed by atoms with Crippen LogP contribution in [0.5, 0.6) is 0 Å². The van der Waals surface area contributed by atoms with Crippen LogP contribution >= 0.6 is 11.6 Å². The zero-order chi connectivity index (χ0) is 15.5. The first kappa shape index (κ1) is 16.7. The molecule has 0 amide bonds. The highest BCUT2D eigenvalue weighted by Gasteiger charge is 2.28. The molecule has 7 heteroatoms. The molecule has 0 aliphatic carbocycles. The molecule has 118 valence electrons. The molecule has 1 aliphatic heterocycles. The third-order valence-corrected chi connectivity index (χ3v) is 5.89. The Kier molecular flexibility index (Phi) is 5.62. The summed E-state index contributed by atoms with van der Waals surface area (Å²) in [6, 6.07) is 6.24. The van der Waals surface area contributed by atoms with E-state index >= 15 is 0 Å². The van der Waals surface area contributed by atoms with Gasteiger partial charge in [0.1, 0.15) is 0 Å². The summed E-state index contributed by atoms with van der Waals surface area (Å²) in [5.74, 6) is 0. The summed E-state index contributed by atoms with van der Waals surface area (Å²) < 4.78 is 26.5. The van der Waals surface area contributed by atoms with E-state index in [2.05, 4.69) is 4.90 Å². The fourth-order valence-corrected chi connectivity index (χ4v) is 3.88. The normalized spacial score (nSPS) is 19.6. The number of benzene rings is 1. The Balaban J connectivity index is 1.99. The number of β-amino-alcohol motifs (C(OH)–C–C–N with tert-alkyl or cyclic N) is 1. The second-order valence-electron chi connectivity index (χ2n) is 5.22. The molecule has 2 rings (SSSR count). The largest absolute Gasteiger partial charge is 0.392 e. The minimum Gasteiger partial charge on any atom is -0.392 e. The number of nitrogens with zero attached hydrogens (tertiary/aromatic N) is 2. The van der Waals surface area contributed by atoms with Crippen LogP contribution in [-0.4, -0.2) is 61.6 Å². The highest BCUT2D eigenvalue weighted by molar-refractivity contribution is 7.89. The quantitative estimate of drug-likeness (QED) is 0.886. The molecule has 0 bridgehead atoms. The minimum absolute atomic E-state index is 0.272. The first-order chi connectivity index (χ1) is 9.93. The summed E-state index contributed by atoms with van der Waals surface area (Å²) in [6.45, 7) is 4.72. The SMILES string of the molecule is CCC(O)CN1CCN(S(=O)(=O)c2ccc(Cl)cc2)CC1. The summed E-state index contributed by atoms with van der Waals surface area (Å²) in [5, 5.41) is 10.2. The Morgan fingerprint density at radius 3 is 2.29 bits per heavy atom. The van der Waals surface area contributed by atoms with Gasteiger partial charge in [-0.1, -0.05) is 18.5 Å². The molecule has 1 N–H and O–H groups in total. The summed E-state index contributed by atoms with van der Waals surface area (Å²) >= 11 is 5.79. The van der Waals surface area contributed by atoms with Gasteiger partial charge in [0.25, 0.3) is 0 Å². The number of rotatable bonds is 5. The molecular weight excluding hydrogens is 312 g/mol. The standard InChI is InChI=1S/C14H21ClN2O3S/c1-2-13(18)11-16-7-9-17(10-8-16)21(19,20)14-5-3-12(15)4-6-14/h3-6,13,18H,2,7-11H2,1H3. The molecule has 1 unspecified atom stereocenters. The molecule has 0 radical (unpaired) electrons. The molecule has 5 nitrogen and oxygen atoms in total. The van der Waals surface area contributed by atoms with Crippen molar-refractivity contribution in [3.63, 3.8) is 0 Å². The molecule has 1 fully saturated rings. The van der Waals surface area contributed by atoms with E-state index in [-0.39, 0.29) is 11.0 Å². The average molecular weight is 333 g/mol. The Labute approximate surface area is 131 Å². The van der Waals surface area contributed by atoms with E-state index in [4.69, 9.17) is 11.6 Å². The van der Waals surface area contributed by atoms with Gasteiger partial charge >= 0.3 is 0 Å². The van der Waals surface area contributed by atoms with Crippen molar-refractivity contribution < 1.29 is 13.5 Å². The van der Waals surface area contributed by atoms with Gasteiger partial charge in [-0.25, -0.2) is 8.42 Å². The van der Waals surface area contributed by atoms with Gasteiger partial charge in [0.2, 0.25) is 10.0 Å². The zero-order valence-corrected chi connectivity index (χ0v) is 13.6. The predicted octanol–water partition coefficient (Wildman–Crippen LogP) is 1.42. The van der Waals surface area contributed by atoms with Gasteiger partial charge in [-0.05, 0) is 30.7 Å². The summed E-state index contributed by atoms with van der Waals surface area (Å²) in [4.78, 5) is 2.37. The topological polar surface area (TPSA) is 60.9 Å². The average Bonchev–Trinajstić information content (AvgIpc) is 2.48. The van der Waals surface area contributed by atoms with Gasteiger partial charge < -0.3 is 5.11 Å². The van der Waals surface area contributed by atoms with Crippen LogP contribution in [0.3, 0.4) is 0 Å². The highest BCUT2D eigenvalue weighted by Crippen LogP contribution is 2.19. The molecule has 1 heterocycles. The third-order valence-electron chi connectivity index (χ3n) is 3.72. The number of sulfonamides is 1. The summed E-state index contributed by atoms with van der Waals surface area (Å²) in [7, 11) is -3.45. The highest BCUT2D eigenvalue weighted by atomic mass is 35.5. The number of aliphatic hydroxyl groups excluding tert-OH is 1. The van der Waals surface area contributed by atoms with Crippen molar-refractivity contribution in [3.8, 4) is 0 Å². The third kappa shape index (κ3) is 4.17. The summed E-state index contributed by atoms with van der Waals surface area (Å²) in [6.07, 6.45) is 0.368. The maximum absolute atomic E-state index is 12.5. The molecule has 0 aromatic heterocycles. The Morgan fingerprint density at radius 1 is 1.19 bits per heavy atom. The molecule has 1 atom stereocenters. The van der Waals surface area contributed by atoms with E-state index < -0.39 is 10.0 Å². The van der Waals surface area contributed by atoms with Gasteiger partial charge in [0.15, 0.2) is 0 Å². The smallest absolute Gasteiger partial charge is 0.243 e. The molecule has 1 aliphatic rings. The van der Waals surface area contributed by atoms with Crippen molar-refractivity contribution in [3.05, 3.63) is 29.3 Å². The molecule has 0 saturated carbocycles. The van der Waals surface area contributed by atoms with Crippen LogP contribution < -0.4 is 0 Å².